The van der Waals surface area contributed by atoms with E-state index in [0.29, 0.717) is 26.0 Å². The monoisotopic (exact) mass is 410 g/mol. The Labute approximate surface area is 180 Å². The van der Waals surface area contributed by atoms with E-state index in [1.165, 1.54) is 0 Å². The lowest BCUT2D eigenvalue weighted by Gasteiger charge is -2.30. The molecule has 0 aliphatic carbocycles. The number of para-hydroxylation sites is 1. The van der Waals surface area contributed by atoms with Crippen molar-refractivity contribution in [2.45, 2.75) is 65.6 Å². The van der Waals surface area contributed by atoms with Crippen molar-refractivity contribution in [2.24, 2.45) is 0 Å². The summed E-state index contributed by atoms with van der Waals surface area (Å²) in [5, 5.41) is 3.00. The lowest BCUT2D eigenvalue weighted by molar-refractivity contribution is -0.141. The van der Waals surface area contributed by atoms with Gasteiger partial charge in [0.2, 0.25) is 11.8 Å². The lowest BCUT2D eigenvalue weighted by atomic mass is 10.1. The highest BCUT2D eigenvalue weighted by Gasteiger charge is 2.26. The predicted octanol–water partition coefficient (Wildman–Crippen LogP) is 4.49. The Morgan fingerprint density at radius 2 is 1.70 bits per heavy atom. The van der Waals surface area contributed by atoms with Crippen LogP contribution in [0.2, 0.25) is 0 Å². The summed E-state index contributed by atoms with van der Waals surface area (Å²) < 4.78 is 5.70. The predicted molar refractivity (Wildman–Crippen MR) is 120 cm³/mol. The molecule has 0 aliphatic heterocycles. The Balaban J connectivity index is 2.02. The minimum Gasteiger partial charge on any atom is -0.494 e. The molecule has 2 aromatic rings. The number of benzene rings is 2. The summed E-state index contributed by atoms with van der Waals surface area (Å²) in [5.41, 5.74) is 2.16. The third-order valence-corrected chi connectivity index (χ3v) is 5.32. The van der Waals surface area contributed by atoms with Gasteiger partial charge in [-0.05, 0) is 56.9 Å². The van der Waals surface area contributed by atoms with Crippen LogP contribution < -0.4 is 10.1 Å². The molecular weight excluding hydrogens is 376 g/mol. The quantitative estimate of drug-likeness (QED) is 0.556. The van der Waals surface area contributed by atoms with E-state index in [2.05, 4.69) is 5.32 Å². The number of nitrogens with zero attached hydrogens (tertiary/aromatic N) is 1. The van der Waals surface area contributed by atoms with Crippen LogP contribution in [0.15, 0.2) is 54.6 Å². The number of carbonyl (C=O) groups excluding carboxylic acids is 2. The zero-order valence-electron chi connectivity index (χ0n) is 18.6. The molecule has 0 aromatic heterocycles. The van der Waals surface area contributed by atoms with E-state index in [0.717, 1.165) is 23.3 Å². The van der Waals surface area contributed by atoms with Gasteiger partial charge < -0.3 is 15.0 Å². The molecule has 0 fully saturated rings. The summed E-state index contributed by atoms with van der Waals surface area (Å²) in [6, 6.07) is 17.1. The molecule has 0 saturated heterocycles. The minimum atomic E-state index is -0.541. The van der Waals surface area contributed by atoms with E-state index in [4.69, 9.17) is 4.74 Å². The van der Waals surface area contributed by atoms with Crippen molar-refractivity contribution in [2.75, 3.05) is 6.61 Å². The second kappa shape index (κ2) is 12.0. The average Bonchev–Trinajstić information content (AvgIpc) is 2.76. The van der Waals surface area contributed by atoms with Gasteiger partial charge in [0.15, 0.2) is 0 Å². The van der Waals surface area contributed by atoms with Gasteiger partial charge in [-0.25, -0.2) is 0 Å². The van der Waals surface area contributed by atoms with Crippen LogP contribution in [0.25, 0.3) is 0 Å². The van der Waals surface area contributed by atoms with E-state index >= 15 is 0 Å². The Morgan fingerprint density at radius 1 is 1.03 bits per heavy atom. The highest BCUT2D eigenvalue weighted by Crippen LogP contribution is 2.16. The maximum absolute atomic E-state index is 13.1. The zero-order valence-corrected chi connectivity index (χ0v) is 18.6. The number of rotatable bonds is 11. The van der Waals surface area contributed by atoms with Crippen LogP contribution in [0, 0.1) is 6.92 Å². The van der Waals surface area contributed by atoms with Crippen LogP contribution in [-0.2, 0) is 16.1 Å². The summed E-state index contributed by atoms with van der Waals surface area (Å²) in [6.07, 6.45) is 1.78. The van der Waals surface area contributed by atoms with Crippen LogP contribution in [0.3, 0.4) is 0 Å². The van der Waals surface area contributed by atoms with Crippen molar-refractivity contribution in [3.8, 4) is 5.75 Å². The summed E-state index contributed by atoms with van der Waals surface area (Å²) >= 11 is 0. The van der Waals surface area contributed by atoms with Crippen molar-refractivity contribution in [1.29, 1.82) is 0 Å². The molecular formula is C25H34N2O3. The van der Waals surface area contributed by atoms with Crippen molar-refractivity contribution in [1.82, 2.24) is 10.2 Å². The second-order valence-corrected chi connectivity index (χ2v) is 7.71. The number of aryl methyl sites for hydroxylation is 1. The number of carbonyl (C=O) groups is 2. The molecule has 2 atom stereocenters. The van der Waals surface area contributed by atoms with Crippen molar-refractivity contribution < 1.29 is 14.3 Å². The standard InChI is InChI=1S/C25H34N2O3/c1-5-20(3)26-25(29)21(4)27(18-22-13-10-9-12-19(22)2)24(28)16-11-17-30-23-14-7-6-8-15-23/h6-10,12-15,20-21H,5,11,16-18H2,1-4H3,(H,26,29)/t20-,21-/m0/s1. The number of amides is 2. The van der Waals surface area contributed by atoms with Crippen LogP contribution in [-0.4, -0.2) is 35.4 Å². The summed E-state index contributed by atoms with van der Waals surface area (Å²) in [5.74, 6) is 0.636. The Bertz CT molecular complexity index is 807. The molecule has 5 nitrogen and oxygen atoms in total. The third kappa shape index (κ3) is 7.21. The topological polar surface area (TPSA) is 58.6 Å². The number of ether oxygens (including phenoxy) is 1. The van der Waals surface area contributed by atoms with Gasteiger partial charge in [-0.15, -0.1) is 0 Å². The van der Waals surface area contributed by atoms with E-state index in [1.807, 2.05) is 75.4 Å². The number of nitrogens with one attached hydrogen (secondary N) is 1. The van der Waals surface area contributed by atoms with Gasteiger partial charge >= 0.3 is 0 Å². The van der Waals surface area contributed by atoms with Crippen molar-refractivity contribution in [3.63, 3.8) is 0 Å². The molecule has 1 N–H and O–H groups in total. The largest absolute Gasteiger partial charge is 0.494 e. The fourth-order valence-corrected chi connectivity index (χ4v) is 3.09. The summed E-state index contributed by atoms with van der Waals surface area (Å²) in [6.45, 7) is 8.70. The molecule has 0 radical (unpaired) electrons. The first-order chi connectivity index (χ1) is 14.4. The first-order valence-electron chi connectivity index (χ1n) is 10.7. The zero-order chi connectivity index (χ0) is 21.9. The second-order valence-electron chi connectivity index (χ2n) is 7.71. The molecule has 162 valence electrons. The molecule has 2 rings (SSSR count). The van der Waals surface area contributed by atoms with Gasteiger partial charge in [0.1, 0.15) is 11.8 Å². The van der Waals surface area contributed by atoms with Gasteiger partial charge in [0.05, 0.1) is 6.61 Å². The number of hydrogen-bond acceptors (Lipinski definition) is 3. The van der Waals surface area contributed by atoms with Crippen molar-refractivity contribution in [3.05, 3.63) is 65.7 Å². The van der Waals surface area contributed by atoms with Crippen molar-refractivity contribution >= 4 is 11.8 Å². The highest BCUT2D eigenvalue weighted by atomic mass is 16.5. The fourth-order valence-electron chi connectivity index (χ4n) is 3.09. The molecule has 2 aromatic carbocycles. The maximum atomic E-state index is 13.1. The summed E-state index contributed by atoms with van der Waals surface area (Å²) in [4.78, 5) is 27.5. The molecule has 0 heterocycles. The van der Waals surface area contributed by atoms with E-state index in [1.54, 1.807) is 11.8 Å². The maximum Gasteiger partial charge on any atom is 0.242 e. The molecule has 0 unspecified atom stereocenters. The Morgan fingerprint density at radius 3 is 2.37 bits per heavy atom. The van der Waals surface area contributed by atoms with E-state index < -0.39 is 6.04 Å². The average molecular weight is 411 g/mol. The Kier molecular flexibility index (Phi) is 9.39. The minimum absolute atomic E-state index is 0.0401. The Hall–Kier alpha value is -2.82. The number of hydrogen-bond donors (Lipinski definition) is 1. The fraction of sp³-hybridized carbons (Fsp3) is 0.440. The molecule has 0 aliphatic rings. The van der Waals surface area contributed by atoms with Gasteiger partial charge in [0, 0.05) is 19.0 Å². The van der Waals surface area contributed by atoms with E-state index in [9.17, 15) is 9.59 Å². The first kappa shape index (κ1) is 23.5. The molecule has 30 heavy (non-hydrogen) atoms. The molecule has 5 heteroatoms. The van der Waals surface area contributed by atoms with Gasteiger partial charge in [-0.2, -0.15) is 0 Å². The molecule has 0 saturated carbocycles. The van der Waals surface area contributed by atoms with Crippen LogP contribution in [0.5, 0.6) is 5.75 Å². The SMILES string of the molecule is CC[C@H](C)NC(=O)[C@H](C)N(Cc1ccccc1C)C(=O)CCCOc1ccccc1. The van der Waals surface area contributed by atoms with Gasteiger partial charge in [0.25, 0.3) is 0 Å². The first-order valence-corrected chi connectivity index (χ1v) is 10.7. The third-order valence-electron chi connectivity index (χ3n) is 5.32. The van der Waals surface area contributed by atoms with Gasteiger partial charge in [-0.3, -0.25) is 9.59 Å². The van der Waals surface area contributed by atoms with Crippen LogP contribution >= 0.6 is 0 Å². The molecule has 2 amide bonds. The van der Waals surface area contributed by atoms with Crippen LogP contribution in [0.4, 0.5) is 0 Å². The van der Waals surface area contributed by atoms with E-state index in [-0.39, 0.29) is 17.9 Å². The van der Waals surface area contributed by atoms with Gasteiger partial charge in [-0.1, -0.05) is 49.4 Å². The highest BCUT2D eigenvalue weighted by molar-refractivity contribution is 5.87. The molecule has 0 spiro atoms. The normalized spacial score (nSPS) is 12.7. The molecule has 0 bridgehead atoms. The summed E-state index contributed by atoms with van der Waals surface area (Å²) in [7, 11) is 0. The smallest absolute Gasteiger partial charge is 0.242 e. The lowest BCUT2D eigenvalue weighted by Crippen LogP contribution is -2.49. The van der Waals surface area contributed by atoms with Crippen LogP contribution in [0.1, 0.15) is 51.2 Å².